The Labute approximate surface area is 209 Å². The Kier molecular flexibility index (Phi) is 11.2. The van der Waals surface area contributed by atoms with Gasteiger partial charge in [0.2, 0.25) is 0 Å². The predicted octanol–water partition coefficient (Wildman–Crippen LogP) is 5.71. The summed E-state index contributed by atoms with van der Waals surface area (Å²) in [5.74, 6) is 0.679. The molecule has 0 amide bonds. The minimum atomic E-state index is -1.50. The number of hydrogen-bond donors (Lipinski definition) is 5. The summed E-state index contributed by atoms with van der Waals surface area (Å²) >= 11 is 5.37. The lowest BCUT2D eigenvalue weighted by Crippen LogP contribution is -2.22. The number of aliphatic imine (C=N–C) groups is 1. The van der Waals surface area contributed by atoms with Gasteiger partial charge in [-0.25, -0.2) is 9.35 Å². The molecule has 0 aliphatic carbocycles. The molecular weight excluding hydrogens is 464 g/mol. The van der Waals surface area contributed by atoms with Gasteiger partial charge in [0.05, 0.1) is 4.90 Å². The Bertz CT molecular complexity index is 1120. The topological polar surface area (TPSA) is 104 Å². The molecule has 0 aliphatic rings. The summed E-state index contributed by atoms with van der Waals surface area (Å²) in [4.78, 5) is 5.06. The van der Waals surface area contributed by atoms with Gasteiger partial charge in [0, 0.05) is 29.3 Å². The Hall–Kier alpha value is -3.27. The van der Waals surface area contributed by atoms with E-state index in [1.54, 1.807) is 24.3 Å². The van der Waals surface area contributed by atoms with Gasteiger partial charge in [0.1, 0.15) is 11.0 Å². The lowest BCUT2D eigenvalue weighted by atomic mass is 10.2. The summed E-state index contributed by atoms with van der Waals surface area (Å²) in [6, 6.07) is 22.8. The first-order valence-electron chi connectivity index (χ1n) is 11.0. The monoisotopic (exact) mass is 496 g/mol. The number of aryl methyl sites for hydroxylation is 1. The van der Waals surface area contributed by atoms with Crippen LogP contribution in [0.25, 0.3) is 0 Å². The molecule has 0 saturated carbocycles. The average molecular weight is 497 g/mol. The number of thiocarbonyl (C=S) groups is 1. The van der Waals surface area contributed by atoms with Crippen LogP contribution in [0.1, 0.15) is 26.3 Å². The molecule has 0 radical (unpaired) electrons. The summed E-state index contributed by atoms with van der Waals surface area (Å²) in [6.45, 7) is 8.70. The fraction of sp³-hybridized carbons (Fsp3) is 0.200. The van der Waals surface area contributed by atoms with Crippen molar-refractivity contribution in [3.05, 3.63) is 78.4 Å². The second kappa shape index (κ2) is 14.1. The van der Waals surface area contributed by atoms with Crippen molar-refractivity contribution in [1.82, 2.24) is 0 Å². The predicted molar refractivity (Wildman–Crippen MR) is 151 cm³/mol. The van der Waals surface area contributed by atoms with E-state index in [4.69, 9.17) is 17.4 Å². The van der Waals surface area contributed by atoms with E-state index < -0.39 is 11.0 Å². The first kappa shape index (κ1) is 27.0. The van der Waals surface area contributed by atoms with E-state index in [1.165, 1.54) is 5.56 Å². The van der Waals surface area contributed by atoms with Crippen molar-refractivity contribution in [1.29, 1.82) is 0 Å². The lowest BCUT2D eigenvalue weighted by molar-refractivity contribution is 0.684. The molecule has 3 aromatic rings. The number of hydrogen-bond acceptors (Lipinski definition) is 3. The molecule has 34 heavy (non-hydrogen) atoms. The van der Waals surface area contributed by atoms with E-state index in [9.17, 15) is 4.21 Å². The molecule has 0 aromatic heterocycles. The molecule has 0 spiro atoms. The number of anilines is 4. The number of rotatable bonds is 6. The molecule has 180 valence electrons. The third-order valence-corrected chi connectivity index (χ3v) is 5.29. The summed E-state index contributed by atoms with van der Waals surface area (Å²) in [7, 11) is -1.50. The van der Waals surface area contributed by atoms with Crippen LogP contribution < -0.4 is 26.4 Å². The van der Waals surface area contributed by atoms with Gasteiger partial charge in [0.15, 0.2) is 11.1 Å². The fourth-order valence-corrected chi connectivity index (χ4v) is 3.51. The molecule has 3 aromatic carbocycles. The third kappa shape index (κ3) is 8.93. The van der Waals surface area contributed by atoms with E-state index in [1.807, 2.05) is 57.2 Å². The van der Waals surface area contributed by atoms with Gasteiger partial charge in [-0.15, -0.1) is 0 Å². The lowest BCUT2D eigenvalue weighted by Gasteiger charge is -2.14. The number of benzene rings is 3. The summed E-state index contributed by atoms with van der Waals surface area (Å²) in [5, 5.41) is 18.7. The molecule has 0 saturated heterocycles. The van der Waals surface area contributed by atoms with Gasteiger partial charge < -0.3 is 21.3 Å². The van der Waals surface area contributed by atoms with Crippen molar-refractivity contribution in [2.45, 2.75) is 32.6 Å². The third-order valence-electron chi connectivity index (χ3n) is 4.35. The van der Waals surface area contributed by atoms with Crippen molar-refractivity contribution in [2.75, 3.05) is 27.8 Å². The first-order chi connectivity index (χ1) is 16.4. The standard InChI is InChI=1S/C23H26N6OS2.C2H6/c1-3-25-22(27-20-6-4-5-16(2)15-20)26-17-7-9-18(10-8-17)28-23(31)29-19-11-13-21(14-12-19)32(24)30;1-2/h4-15H,3,24H2,1-2H3,(H2,25,26,27)(H2,28,29,31);1-2H3. The zero-order valence-electron chi connectivity index (χ0n) is 19.9. The number of nitrogens with one attached hydrogen (secondary N) is 4. The van der Waals surface area contributed by atoms with Crippen LogP contribution in [0.15, 0.2) is 82.7 Å². The quantitative estimate of drug-likeness (QED) is 0.170. The van der Waals surface area contributed by atoms with Crippen LogP contribution in [0, 0.1) is 6.92 Å². The highest BCUT2D eigenvalue weighted by Gasteiger charge is 2.04. The smallest absolute Gasteiger partial charge is 0.200 e. The SMILES string of the molecule is CC.CCN=C(Nc1ccc(NC(=S)Nc2ccc(S(N)=O)cc2)cc1)Nc1cccc(C)c1. The van der Waals surface area contributed by atoms with E-state index in [0.29, 0.717) is 22.5 Å². The molecule has 9 heteroatoms. The Balaban J connectivity index is 0.00000199. The second-order valence-corrected chi connectivity index (χ2v) is 8.40. The second-order valence-electron chi connectivity index (χ2n) is 6.92. The van der Waals surface area contributed by atoms with Crippen LogP contribution in [-0.4, -0.2) is 21.8 Å². The van der Waals surface area contributed by atoms with Gasteiger partial charge in [-0.05, 0) is 92.3 Å². The van der Waals surface area contributed by atoms with Gasteiger partial charge in [-0.2, -0.15) is 0 Å². The fourth-order valence-electron chi connectivity index (χ4n) is 2.87. The molecule has 0 aliphatic heterocycles. The van der Waals surface area contributed by atoms with Gasteiger partial charge in [-0.1, -0.05) is 26.0 Å². The van der Waals surface area contributed by atoms with E-state index in [2.05, 4.69) is 45.3 Å². The summed E-state index contributed by atoms with van der Waals surface area (Å²) in [6.07, 6.45) is 0. The van der Waals surface area contributed by atoms with Gasteiger partial charge in [-0.3, -0.25) is 4.99 Å². The Morgan fingerprint density at radius 2 is 1.35 bits per heavy atom. The zero-order valence-corrected chi connectivity index (χ0v) is 21.5. The number of nitrogens with two attached hydrogens (primary N) is 1. The number of nitrogens with zero attached hydrogens (tertiary/aromatic N) is 1. The van der Waals surface area contributed by atoms with Crippen LogP contribution in [0.2, 0.25) is 0 Å². The molecule has 0 fully saturated rings. The molecule has 6 N–H and O–H groups in total. The maximum atomic E-state index is 11.3. The Morgan fingerprint density at radius 3 is 1.85 bits per heavy atom. The normalized spacial score (nSPS) is 11.5. The summed E-state index contributed by atoms with van der Waals surface area (Å²) in [5.41, 5.74) is 4.67. The highest BCUT2D eigenvalue weighted by molar-refractivity contribution is 7.82. The van der Waals surface area contributed by atoms with Crippen LogP contribution in [0.5, 0.6) is 0 Å². The number of guanidine groups is 1. The highest BCUT2D eigenvalue weighted by atomic mass is 32.2. The molecule has 0 heterocycles. The van der Waals surface area contributed by atoms with Crippen molar-refractivity contribution in [2.24, 2.45) is 10.1 Å². The first-order valence-corrected chi connectivity index (χ1v) is 12.6. The van der Waals surface area contributed by atoms with Gasteiger partial charge in [0.25, 0.3) is 0 Å². The molecule has 3 rings (SSSR count). The van der Waals surface area contributed by atoms with Crippen LogP contribution in [-0.2, 0) is 11.0 Å². The zero-order chi connectivity index (χ0) is 24.9. The van der Waals surface area contributed by atoms with Gasteiger partial charge >= 0.3 is 0 Å². The average Bonchev–Trinajstić information content (AvgIpc) is 2.82. The van der Waals surface area contributed by atoms with Crippen LogP contribution in [0.3, 0.4) is 0 Å². The van der Waals surface area contributed by atoms with E-state index in [-0.39, 0.29) is 0 Å². The maximum absolute atomic E-state index is 11.3. The highest BCUT2D eigenvalue weighted by Crippen LogP contribution is 2.16. The van der Waals surface area contributed by atoms with E-state index >= 15 is 0 Å². The molecule has 7 nitrogen and oxygen atoms in total. The van der Waals surface area contributed by atoms with E-state index in [0.717, 1.165) is 22.7 Å². The molecule has 1 atom stereocenters. The summed E-state index contributed by atoms with van der Waals surface area (Å²) < 4.78 is 11.3. The minimum Gasteiger partial charge on any atom is -0.332 e. The van der Waals surface area contributed by atoms with Crippen molar-refractivity contribution < 1.29 is 4.21 Å². The maximum Gasteiger partial charge on any atom is 0.200 e. The molecule has 1 unspecified atom stereocenters. The largest absolute Gasteiger partial charge is 0.332 e. The Morgan fingerprint density at radius 1 is 0.853 bits per heavy atom. The van der Waals surface area contributed by atoms with Crippen LogP contribution >= 0.6 is 12.2 Å². The van der Waals surface area contributed by atoms with Crippen LogP contribution in [0.4, 0.5) is 22.7 Å². The van der Waals surface area contributed by atoms with Crippen molar-refractivity contribution >= 4 is 57.0 Å². The minimum absolute atomic E-state index is 0.446. The molecule has 0 bridgehead atoms. The van der Waals surface area contributed by atoms with Crippen molar-refractivity contribution in [3.8, 4) is 0 Å². The van der Waals surface area contributed by atoms with Crippen molar-refractivity contribution in [3.63, 3.8) is 0 Å². The molecular formula is C25H32N6OS2.